The van der Waals surface area contributed by atoms with Gasteiger partial charge in [0.05, 0.1) is 25.4 Å². The van der Waals surface area contributed by atoms with Crippen molar-refractivity contribution < 1.29 is 48.3 Å². The maximum atomic E-state index is 11.2. The minimum Gasteiger partial charge on any atom is -0.550 e. The largest absolute Gasteiger partial charge is 2.00 e. The van der Waals surface area contributed by atoms with Gasteiger partial charge in [0, 0.05) is 25.8 Å². The van der Waals surface area contributed by atoms with Crippen molar-refractivity contribution in [3.63, 3.8) is 0 Å². The van der Waals surface area contributed by atoms with E-state index in [2.05, 4.69) is 62.4 Å². The minimum absolute atomic E-state index is 0. The van der Waals surface area contributed by atoms with Gasteiger partial charge < -0.3 is 38.7 Å². The van der Waals surface area contributed by atoms with Crippen LogP contribution >= 0.6 is 0 Å². The fourth-order valence-electron chi connectivity index (χ4n) is 7.94. The number of carboxylic acids is 2. The van der Waals surface area contributed by atoms with Crippen molar-refractivity contribution in [2.75, 3.05) is 0 Å². The predicted octanol–water partition coefficient (Wildman–Crippen LogP) is 11.1. The van der Waals surface area contributed by atoms with Crippen molar-refractivity contribution in [3.8, 4) is 0 Å². The van der Waals surface area contributed by atoms with Crippen molar-refractivity contribution in [2.24, 2.45) is 0 Å². The number of hydrogen-bond donors (Lipinski definition) is 0. The number of hydrogen-bond acceptors (Lipinski definition) is 10. The molecule has 0 aliphatic heterocycles. The topological polar surface area (TPSA) is 151 Å². The van der Waals surface area contributed by atoms with E-state index in [0.29, 0.717) is 51.1 Å². The van der Waals surface area contributed by atoms with Gasteiger partial charge in [0.25, 0.3) is 0 Å². The Bertz CT molecular complexity index is 1320. The summed E-state index contributed by atoms with van der Waals surface area (Å²) in [5.41, 5.74) is 2.48. The van der Waals surface area contributed by atoms with E-state index in [1.807, 2.05) is 12.1 Å². The summed E-state index contributed by atoms with van der Waals surface area (Å²) >= 11 is 0. The number of ether oxygens (including phenoxy) is 4. The van der Waals surface area contributed by atoms with Gasteiger partial charge in [0.15, 0.2) is 0 Å². The second kappa shape index (κ2) is 44.3. The number of carbonyl (C=O) groups excluding carboxylic acids is 4. The van der Waals surface area contributed by atoms with Crippen LogP contribution in [0, 0.1) is 0 Å². The average Bonchev–Trinajstić information content (AvgIpc) is 3.27. The van der Waals surface area contributed by atoms with Crippen molar-refractivity contribution in [2.45, 2.75) is 245 Å². The molecule has 4 unspecified atom stereocenters. The summed E-state index contributed by atoms with van der Waals surface area (Å²) in [7, 11) is 0. The van der Waals surface area contributed by atoms with Gasteiger partial charge in [0.1, 0.15) is 12.2 Å². The van der Waals surface area contributed by atoms with Gasteiger partial charge in [-0.3, -0.25) is 9.59 Å². The van der Waals surface area contributed by atoms with Crippen LogP contribution in [0.15, 0.2) is 60.7 Å². The zero-order valence-corrected chi connectivity index (χ0v) is 45.5. The Morgan fingerprint density at radius 2 is 0.677 bits per heavy atom. The second-order valence-corrected chi connectivity index (χ2v) is 17.5. The summed E-state index contributed by atoms with van der Waals surface area (Å²) in [6.07, 6.45) is 27.9. The van der Waals surface area contributed by atoms with Crippen LogP contribution in [-0.2, 0) is 51.3 Å². The Morgan fingerprint density at radius 3 is 0.938 bits per heavy atom. The summed E-state index contributed by atoms with van der Waals surface area (Å²) in [4.78, 5) is 43.5. The van der Waals surface area contributed by atoms with E-state index in [1.54, 1.807) is 0 Å². The van der Waals surface area contributed by atoms with Crippen LogP contribution in [0.5, 0.6) is 0 Å². The van der Waals surface area contributed by atoms with Crippen LogP contribution in [0.1, 0.15) is 219 Å². The first-order chi connectivity index (χ1) is 31.0. The molecule has 11 heteroatoms. The van der Waals surface area contributed by atoms with E-state index in [-0.39, 0.29) is 85.9 Å². The summed E-state index contributed by atoms with van der Waals surface area (Å²) < 4.78 is 22.8. The molecule has 0 radical (unpaired) electrons. The first kappa shape index (κ1) is 62.8. The molecule has 0 aliphatic carbocycles. The van der Waals surface area contributed by atoms with Gasteiger partial charge >= 0.3 is 60.8 Å². The van der Waals surface area contributed by atoms with Crippen LogP contribution < -0.4 is 10.2 Å². The molecule has 0 aromatic heterocycles. The molecule has 2 rings (SSSR count). The number of carboxylic acid groups (broad SMARTS) is 2. The Morgan fingerprint density at radius 1 is 0.415 bits per heavy atom. The molecule has 0 saturated carbocycles. The number of aliphatic carboxylic acids is 2. The molecule has 10 nitrogen and oxygen atoms in total. The third kappa shape index (κ3) is 40.6. The standard InChI is InChI=1S/2C27H44O5.Ba/c2*1-3-25(31-22-24-16-11-10-12-17-24)18-13-8-6-4-5-7-9-14-19-26(32-23(2)28)20-15-21-27(29)30;/h2*10-12,16-17,25-26H,3-9,13-15,18-22H2,1-2H3,(H,29,30);/q;;+2/p-2. The fourth-order valence-corrected chi connectivity index (χ4v) is 7.94. The molecule has 2 aromatic rings. The van der Waals surface area contributed by atoms with Crippen molar-refractivity contribution in [1.82, 2.24) is 0 Å². The predicted molar refractivity (Wildman–Crippen MR) is 258 cm³/mol. The van der Waals surface area contributed by atoms with Crippen molar-refractivity contribution >= 4 is 72.8 Å². The number of carbonyl (C=O) groups is 4. The second-order valence-electron chi connectivity index (χ2n) is 17.5. The van der Waals surface area contributed by atoms with E-state index in [4.69, 9.17) is 18.9 Å². The molecule has 364 valence electrons. The van der Waals surface area contributed by atoms with E-state index < -0.39 is 11.9 Å². The Labute approximate surface area is 434 Å². The zero-order valence-electron chi connectivity index (χ0n) is 41.1. The SMILES string of the molecule is CCC(CCCCCCCCCCC(CCCC(=O)[O-])OC(C)=O)OCc1ccccc1.CCC(CCCCCCCCCCC(CCCC(=O)[O-])OC(C)=O)OCc1ccccc1.[Ba+2]. The maximum Gasteiger partial charge on any atom is 2.00 e. The van der Waals surface area contributed by atoms with Crippen molar-refractivity contribution in [1.29, 1.82) is 0 Å². The van der Waals surface area contributed by atoms with E-state index in [1.165, 1.54) is 102 Å². The number of rotatable bonds is 40. The first-order valence-electron chi connectivity index (χ1n) is 25.1. The molecule has 0 heterocycles. The van der Waals surface area contributed by atoms with Gasteiger partial charge in [0.2, 0.25) is 0 Å². The van der Waals surface area contributed by atoms with Gasteiger partial charge in [-0.2, -0.15) is 0 Å². The van der Waals surface area contributed by atoms with Crippen LogP contribution in [0.25, 0.3) is 0 Å². The molecule has 0 saturated heterocycles. The maximum absolute atomic E-state index is 11.2. The smallest absolute Gasteiger partial charge is 0.550 e. The summed E-state index contributed by atoms with van der Waals surface area (Å²) in [6.45, 7) is 8.62. The Kier molecular flexibility index (Phi) is 42.8. The molecule has 0 aliphatic rings. The zero-order chi connectivity index (χ0) is 46.9. The van der Waals surface area contributed by atoms with Gasteiger partial charge in [-0.1, -0.05) is 164 Å². The summed E-state index contributed by atoms with van der Waals surface area (Å²) in [6, 6.07) is 20.7. The number of benzene rings is 2. The van der Waals surface area contributed by atoms with Gasteiger partial charge in [-0.05, 0) is 101 Å². The number of esters is 2. The fraction of sp³-hybridized carbons (Fsp3) is 0.704. The molecule has 0 amide bonds. The third-order valence-electron chi connectivity index (χ3n) is 11.7. The third-order valence-corrected chi connectivity index (χ3v) is 11.7. The van der Waals surface area contributed by atoms with E-state index in [9.17, 15) is 29.4 Å². The molecule has 0 N–H and O–H groups in total. The normalized spacial score (nSPS) is 12.7. The molecule has 4 atom stereocenters. The van der Waals surface area contributed by atoms with E-state index >= 15 is 0 Å². The monoisotopic (exact) mass is 1030 g/mol. The molecule has 0 fully saturated rings. The van der Waals surface area contributed by atoms with Gasteiger partial charge in [-0.25, -0.2) is 0 Å². The van der Waals surface area contributed by atoms with Crippen LogP contribution in [-0.4, -0.2) is 97.2 Å². The molecule has 2 aromatic carbocycles. The van der Waals surface area contributed by atoms with Crippen LogP contribution in [0.2, 0.25) is 0 Å². The summed E-state index contributed by atoms with van der Waals surface area (Å²) in [5, 5.41) is 21.1. The molecular formula is C54H86BaO10. The first-order valence-corrected chi connectivity index (χ1v) is 25.1. The molecular weight excluding hydrogens is 946 g/mol. The molecule has 65 heavy (non-hydrogen) atoms. The molecule has 0 bridgehead atoms. The number of unbranched alkanes of at least 4 members (excludes halogenated alkanes) is 14. The Balaban J connectivity index is 0.00000124. The van der Waals surface area contributed by atoms with Crippen LogP contribution in [0.4, 0.5) is 0 Å². The van der Waals surface area contributed by atoms with Crippen LogP contribution in [0.3, 0.4) is 0 Å². The average molecular weight is 1030 g/mol. The van der Waals surface area contributed by atoms with Crippen molar-refractivity contribution in [3.05, 3.63) is 71.8 Å². The quantitative estimate of drug-likeness (QED) is 0.0358. The van der Waals surface area contributed by atoms with E-state index in [0.717, 1.165) is 64.2 Å². The molecule has 0 spiro atoms. The minimum atomic E-state index is -1.04. The summed E-state index contributed by atoms with van der Waals surface area (Å²) in [5.74, 6) is -2.67. The van der Waals surface area contributed by atoms with Gasteiger partial charge in [-0.15, -0.1) is 0 Å². The Hall–Kier alpha value is -2.19.